The SMILES string of the molecule is C.COc1ccc(C(=O)C[N+]23CCC(CC2)[C@@H](OC(=O)[C@@H](Nc2ccccc2)c2ccccc2)C3)cc1. The lowest BCUT2D eigenvalue weighted by molar-refractivity contribution is -0.938. The first kappa shape index (κ1) is 26.4. The molecule has 1 N–H and O–H groups in total. The van der Waals surface area contributed by atoms with E-state index in [4.69, 9.17) is 9.47 Å². The van der Waals surface area contributed by atoms with Gasteiger partial charge in [-0.3, -0.25) is 4.79 Å². The molecule has 194 valence electrons. The number of carbonyl (C=O) groups is 2. The lowest BCUT2D eigenvalue weighted by Gasteiger charge is -2.51. The summed E-state index contributed by atoms with van der Waals surface area (Å²) in [5.41, 5.74) is 2.43. The molecule has 6 rings (SSSR count). The Labute approximate surface area is 219 Å². The molecule has 0 amide bonds. The van der Waals surface area contributed by atoms with E-state index >= 15 is 0 Å². The van der Waals surface area contributed by atoms with Crippen LogP contribution in [0.1, 0.15) is 42.2 Å². The highest BCUT2D eigenvalue weighted by molar-refractivity contribution is 5.97. The van der Waals surface area contributed by atoms with Crippen molar-refractivity contribution < 1.29 is 23.5 Å². The average Bonchev–Trinajstić information content (AvgIpc) is 2.93. The fourth-order valence-corrected chi connectivity index (χ4v) is 5.59. The van der Waals surface area contributed by atoms with Crippen LogP contribution >= 0.6 is 0 Å². The number of rotatable bonds is 9. The Hall–Kier alpha value is -3.64. The van der Waals surface area contributed by atoms with Crippen molar-refractivity contribution in [1.82, 2.24) is 0 Å². The third-order valence-corrected chi connectivity index (χ3v) is 7.65. The fourth-order valence-electron chi connectivity index (χ4n) is 5.59. The first-order chi connectivity index (χ1) is 17.5. The first-order valence-electron chi connectivity index (χ1n) is 12.6. The molecule has 0 saturated carbocycles. The van der Waals surface area contributed by atoms with Gasteiger partial charge in [0.25, 0.3) is 0 Å². The molecule has 0 spiro atoms. The van der Waals surface area contributed by atoms with Crippen LogP contribution in [-0.2, 0) is 9.53 Å². The minimum Gasteiger partial charge on any atom is -0.497 e. The van der Waals surface area contributed by atoms with Gasteiger partial charge in [0.1, 0.15) is 18.8 Å². The molecule has 3 aliphatic rings. The summed E-state index contributed by atoms with van der Waals surface area (Å²) in [6, 6.07) is 26.1. The second-order valence-electron chi connectivity index (χ2n) is 9.95. The summed E-state index contributed by atoms with van der Waals surface area (Å²) in [6.45, 7) is 3.01. The van der Waals surface area contributed by atoms with E-state index in [1.165, 1.54) is 0 Å². The molecule has 0 radical (unpaired) electrons. The van der Waals surface area contributed by atoms with Crippen molar-refractivity contribution in [1.29, 1.82) is 0 Å². The van der Waals surface area contributed by atoms with E-state index in [2.05, 4.69) is 5.32 Å². The van der Waals surface area contributed by atoms with Gasteiger partial charge >= 0.3 is 5.97 Å². The van der Waals surface area contributed by atoms with Crippen LogP contribution in [0.3, 0.4) is 0 Å². The molecule has 3 aliphatic heterocycles. The second-order valence-corrected chi connectivity index (χ2v) is 9.95. The molecule has 2 atom stereocenters. The predicted octanol–water partition coefficient (Wildman–Crippen LogP) is 5.52. The van der Waals surface area contributed by atoms with Gasteiger partial charge in [-0.2, -0.15) is 0 Å². The maximum atomic E-state index is 13.5. The summed E-state index contributed by atoms with van der Waals surface area (Å²) in [5.74, 6) is 0.930. The van der Waals surface area contributed by atoms with E-state index in [0.29, 0.717) is 29.1 Å². The van der Waals surface area contributed by atoms with Crippen molar-refractivity contribution in [2.24, 2.45) is 5.92 Å². The molecule has 0 unspecified atom stereocenters. The zero-order valence-electron chi connectivity index (χ0n) is 20.6. The van der Waals surface area contributed by atoms with Crippen molar-refractivity contribution in [3.05, 3.63) is 96.1 Å². The number of ether oxygens (including phenoxy) is 2. The normalized spacial score (nSPS) is 22.8. The molecule has 3 fully saturated rings. The number of piperidine rings is 3. The van der Waals surface area contributed by atoms with Crippen LogP contribution in [-0.4, -0.2) is 55.6 Å². The van der Waals surface area contributed by atoms with E-state index in [1.807, 2.05) is 84.9 Å². The van der Waals surface area contributed by atoms with Gasteiger partial charge in [-0.15, -0.1) is 0 Å². The maximum absolute atomic E-state index is 13.5. The van der Waals surface area contributed by atoms with Crippen LogP contribution in [0.15, 0.2) is 84.9 Å². The van der Waals surface area contributed by atoms with Crippen LogP contribution in [0.4, 0.5) is 5.69 Å². The Bertz CT molecular complexity index is 1170. The Kier molecular flexibility index (Phi) is 8.29. The number of methoxy groups -OCH3 is 1. The number of nitrogens with one attached hydrogen (secondary N) is 1. The predicted molar refractivity (Wildman–Crippen MR) is 146 cm³/mol. The molecule has 2 bridgehead atoms. The highest BCUT2D eigenvalue weighted by atomic mass is 16.5. The summed E-state index contributed by atoms with van der Waals surface area (Å²) in [5, 5.41) is 3.36. The number of carbonyl (C=O) groups excluding carboxylic acids is 2. The molecule has 37 heavy (non-hydrogen) atoms. The van der Waals surface area contributed by atoms with Crippen LogP contribution in [0, 0.1) is 5.92 Å². The Morgan fingerprint density at radius 1 is 0.919 bits per heavy atom. The van der Waals surface area contributed by atoms with Crippen molar-refractivity contribution >= 4 is 17.4 Å². The highest BCUT2D eigenvalue weighted by Gasteiger charge is 2.49. The topological polar surface area (TPSA) is 64.6 Å². The van der Waals surface area contributed by atoms with Crippen LogP contribution in [0.25, 0.3) is 0 Å². The molecular formula is C31H37N2O4+. The minimum atomic E-state index is -0.599. The maximum Gasteiger partial charge on any atom is 0.333 e. The van der Waals surface area contributed by atoms with Crippen molar-refractivity contribution in [3.63, 3.8) is 0 Å². The standard InChI is InChI=1S/C30H33N2O4.CH4/c1-35-26-14-12-22(13-15-26)27(33)20-32-18-16-23(17-19-32)28(21-32)36-30(34)29(24-8-4-2-5-9-24)31-25-10-6-3-7-11-25;/h2-15,23,28-29,31H,16-21H2,1H3;1H4/q+1;/t23?,28-,29-,32?;/m0./s1. The molecule has 0 aliphatic carbocycles. The van der Waals surface area contributed by atoms with Gasteiger partial charge in [-0.1, -0.05) is 56.0 Å². The Morgan fingerprint density at radius 2 is 1.54 bits per heavy atom. The molecule has 3 saturated heterocycles. The number of hydrogen-bond donors (Lipinski definition) is 1. The largest absolute Gasteiger partial charge is 0.497 e. The van der Waals surface area contributed by atoms with E-state index < -0.39 is 6.04 Å². The van der Waals surface area contributed by atoms with Gasteiger partial charge in [0, 0.05) is 30.0 Å². The number of ketones is 1. The van der Waals surface area contributed by atoms with Crippen LogP contribution in [0.5, 0.6) is 5.75 Å². The number of anilines is 1. The molecule has 3 heterocycles. The van der Waals surface area contributed by atoms with E-state index in [1.54, 1.807) is 7.11 Å². The quantitative estimate of drug-likeness (QED) is 0.238. The van der Waals surface area contributed by atoms with Crippen molar-refractivity contribution in [3.8, 4) is 5.75 Å². The van der Waals surface area contributed by atoms with Crippen LogP contribution in [0.2, 0.25) is 0 Å². The van der Waals surface area contributed by atoms with Gasteiger partial charge < -0.3 is 19.3 Å². The number of Topliss-reactive ketones (excluding diaryl/α,β-unsaturated/α-hetero) is 1. The molecular weight excluding hydrogens is 464 g/mol. The Morgan fingerprint density at radius 3 is 2.16 bits per heavy atom. The summed E-state index contributed by atoms with van der Waals surface area (Å²) in [4.78, 5) is 26.7. The number of nitrogens with zero attached hydrogens (tertiary/aromatic N) is 1. The number of fused-ring (bicyclic) bond motifs is 3. The molecule has 6 heteroatoms. The smallest absolute Gasteiger partial charge is 0.333 e. The van der Waals surface area contributed by atoms with E-state index in [-0.39, 0.29) is 25.3 Å². The van der Waals surface area contributed by atoms with Gasteiger partial charge in [0.2, 0.25) is 5.78 Å². The third kappa shape index (κ3) is 6.03. The third-order valence-electron chi connectivity index (χ3n) is 7.65. The van der Waals surface area contributed by atoms with E-state index in [9.17, 15) is 9.59 Å². The number of esters is 1. The van der Waals surface area contributed by atoms with Crippen molar-refractivity contribution in [2.75, 3.05) is 38.6 Å². The minimum absolute atomic E-state index is 0. The number of benzene rings is 3. The summed E-state index contributed by atoms with van der Waals surface area (Å²) in [7, 11) is 1.62. The van der Waals surface area contributed by atoms with Crippen LogP contribution < -0.4 is 10.1 Å². The molecule has 3 aromatic carbocycles. The lowest BCUT2D eigenvalue weighted by atomic mass is 9.82. The first-order valence-corrected chi connectivity index (χ1v) is 12.6. The second kappa shape index (κ2) is 11.6. The highest BCUT2D eigenvalue weighted by Crippen LogP contribution is 2.37. The fraction of sp³-hybridized carbons (Fsp3) is 0.355. The Balaban J connectivity index is 0.00000320. The van der Waals surface area contributed by atoms with Crippen molar-refractivity contribution in [2.45, 2.75) is 32.4 Å². The molecule has 0 aromatic heterocycles. The van der Waals surface area contributed by atoms with Gasteiger partial charge in [-0.25, -0.2) is 4.79 Å². The monoisotopic (exact) mass is 501 g/mol. The van der Waals surface area contributed by atoms with Gasteiger partial charge in [-0.05, 0) is 42.0 Å². The summed E-state index contributed by atoms with van der Waals surface area (Å²) in [6.07, 6.45) is 1.75. The van der Waals surface area contributed by atoms with Gasteiger partial charge in [0.15, 0.2) is 12.1 Å². The number of hydrogen-bond acceptors (Lipinski definition) is 5. The zero-order chi connectivity index (χ0) is 25.0. The zero-order valence-corrected chi connectivity index (χ0v) is 20.6. The lowest BCUT2D eigenvalue weighted by Crippen LogP contribution is -2.65. The summed E-state index contributed by atoms with van der Waals surface area (Å²) < 4.78 is 12.1. The molecule has 6 nitrogen and oxygen atoms in total. The summed E-state index contributed by atoms with van der Waals surface area (Å²) >= 11 is 0. The van der Waals surface area contributed by atoms with E-state index in [0.717, 1.165) is 42.9 Å². The average molecular weight is 502 g/mol. The number of quaternary nitrogens is 1. The number of para-hydroxylation sites is 1. The molecule has 3 aromatic rings. The van der Waals surface area contributed by atoms with Gasteiger partial charge in [0.05, 0.1) is 20.2 Å².